The fourth-order valence-electron chi connectivity index (χ4n) is 1.31. The quantitative estimate of drug-likeness (QED) is 0.524. The molecule has 0 fully saturated rings. The van der Waals surface area contributed by atoms with E-state index in [0.717, 1.165) is 11.3 Å². The van der Waals surface area contributed by atoms with Gasteiger partial charge in [-0.25, -0.2) is 4.99 Å². The van der Waals surface area contributed by atoms with Crippen LogP contribution in [0, 0.1) is 0 Å². The molecule has 0 bridgehead atoms. The molecular formula is C11H15N3O2. The number of carbonyl (C=O) groups is 1. The third-order valence-electron chi connectivity index (χ3n) is 2.02. The van der Waals surface area contributed by atoms with Crippen molar-refractivity contribution in [3.8, 4) is 0 Å². The number of nitrogens with zero attached hydrogens (tertiary/aromatic N) is 1. The number of amidine groups is 1. The van der Waals surface area contributed by atoms with Crippen molar-refractivity contribution in [2.24, 2.45) is 16.5 Å². The van der Waals surface area contributed by atoms with Gasteiger partial charge in [0.05, 0.1) is 17.9 Å². The molecule has 0 saturated carbocycles. The first-order valence-electron chi connectivity index (χ1n) is 4.87. The first-order valence-corrected chi connectivity index (χ1v) is 4.87. The second-order valence-corrected chi connectivity index (χ2v) is 3.55. The number of rotatable bonds is 4. The zero-order valence-electron chi connectivity index (χ0n) is 9.05. The largest absolute Gasteiger partial charge is 0.481 e. The monoisotopic (exact) mass is 221 g/mol. The van der Waals surface area contributed by atoms with Crippen LogP contribution in [0.25, 0.3) is 0 Å². The van der Waals surface area contributed by atoms with Crippen LogP contribution in [0.2, 0.25) is 0 Å². The van der Waals surface area contributed by atoms with E-state index in [2.05, 4.69) is 4.99 Å². The Hall–Kier alpha value is -1.88. The van der Waals surface area contributed by atoms with E-state index in [1.54, 1.807) is 31.2 Å². The van der Waals surface area contributed by atoms with Gasteiger partial charge in [0.2, 0.25) is 0 Å². The van der Waals surface area contributed by atoms with Gasteiger partial charge in [-0.1, -0.05) is 12.1 Å². The van der Waals surface area contributed by atoms with E-state index in [9.17, 15) is 4.79 Å². The number of nitrogens with two attached hydrogens (primary N) is 2. The second-order valence-electron chi connectivity index (χ2n) is 3.55. The molecule has 0 aromatic heterocycles. The lowest BCUT2D eigenvalue weighted by Crippen LogP contribution is -2.14. The summed E-state index contributed by atoms with van der Waals surface area (Å²) in [6, 6.07) is 6.54. The number of hydrogen-bond donors (Lipinski definition) is 3. The lowest BCUT2D eigenvalue weighted by Gasteiger charge is -2.09. The topological polar surface area (TPSA) is 102 Å². The van der Waals surface area contributed by atoms with E-state index in [-0.39, 0.29) is 6.42 Å². The van der Waals surface area contributed by atoms with E-state index < -0.39 is 12.0 Å². The molecule has 1 aromatic carbocycles. The molecule has 1 aromatic rings. The van der Waals surface area contributed by atoms with Crippen molar-refractivity contribution in [1.82, 2.24) is 0 Å². The van der Waals surface area contributed by atoms with Gasteiger partial charge < -0.3 is 16.6 Å². The second kappa shape index (κ2) is 5.27. The van der Waals surface area contributed by atoms with Crippen molar-refractivity contribution in [3.05, 3.63) is 29.8 Å². The van der Waals surface area contributed by atoms with E-state index >= 15 is 0 Å². The predicted octanol–water partition coefficient (Wildman–Crippen LogP) is 1.17. The van der Waals surface area contributed by atoms with Gasteiger partial charge in [-0.3, -0.25) is 4.79 Å². The van der Waals surface area contributed by atoms with E-state index in [1.807, 2.05) is 0 Å². The maximum atomic E-state index is 10.5. The zero-order chi connectivity index (χ0) is 12.1. The number of hydrogen-bond acceptors (Lipinski definition) is 3. The highest BCUT2D eigenvalue weighted by Crippen LogP contribution is 2.18. The summed E-state index contributed by atoms with van der Waals surface area (Å²) in [5.74, 6) is -0.435. The molecule has 1 unspecified atom stereocenters. The summed E-state index contributed by atoms with van der Waals surface area (Å²) in [4.78, 5) is 14.5. The van der Waals surface area contributed by atoms with E-state index in [1.165, 1.54) is 0 Å². The molecule has 0 radical (unpaired) electrons. The van der Waals surface area contributed by atoms with Gasteiger partial charge in [0.25, 0.3) is 0 Å². The van der Waals surface area contributed by atoms with Crippen molar-refractivity contribution in [3.63, 3.8) is 0 Å². The number of carboxylic acid groups (broad SMARTS) is 1. The number of aliphatic carboxylic acids is 1. The highest BCUT2D eigenvalue weighted by atomic mass is 16.4. The highest BCUT2D eigenvalue weighted by molar-refractivity contribution is 5.80. The van der Waals surface area contributed by atoms with Crippen LogP contribution in [0.1, 0.15) is 24.9 Å². The van der Waals surface area contributed by atoms with Crippen LogP contribution in [-0.4, -0.2) is 16.9 Å². The predicted molar refractivity (Wildman–Crippen MR) is 62.6 cm³/mol. The van der Waals surface area contributed by atoms with Crippen molar-refractivity contribution < 1.29 is 9.90 Å². The molecule has 0 saturated heterocycles. The van der Waals surface area contributed by atoms with Crippen molar-refractivity contribution >= 4 is 17.5 Å². The molecular weight excluding hydrogens is 206 g/mol. The van der Waals surface area contributed by atoms with Crippen molar-refractivity contribution in [2.75, 3.05) is 0 Å². The number of benzene rings is 1. The van der Waals surface area contributed by atoms with Crippen molar-refractivity contribution in [1.29, 1.82) is 0 Å². The lowest BCUT2D eigenvalue weighted by atomic mass is 10.0. The summed E-state index contributed by atoms with van der Waals surface area (Å²) in [6.07, 6.45) is -0.0848. The van der Waals surface area contributed by atoms with Gasteiger partial charge in [-0.2, -0.15) is 0 Å². The van der Waals surface area contributed by atoms with Crippen LogP contribution in [0.5, 0.6) is 0 Å². The molecule has 0 spiro atoms. The Kier molecular flexibility index (Phi) is 4.02. The van der Waals surface area contributed by atoms with Gasteiger partial charge in [-0.05, 0) is 24.6 Å². The number of aliphatic imine (C=N–C) groups is 1. The normalized spacial score (nSPS) is 13.5. The lowest BCUT2D eigenvalue weighted by molar-refractivity contribution is -0.137. The van der Waals surface area contributed by atoms with Gasteiger partial charge in [0.1, 0.15) is 0 Å². The fourth-order valence-corrected chi connectivity index (χ4v) is 1.31. The van der Waals surface area contributed by atoms with Gasteiger partial charge >= 0.3 is 5.97 Å². The summed E-state index contributed by atoms with van der Waals surface area (Å²) >= 11 is 0. The minimum atomic E-state index is -0.910. The summed E-state index contributed by atoms with van der Waals surface area (Å²) < 4.78 is 0. The fraction of sp³-hybridized carbons (Fsp3) is 0.273. The Morgan fingerprint density at radius 1 is 1.44 bits per heavy atom. The molecule has 5 heteroatoms. The zero-order valence-corrected chi connectivity index (χ0v) is 9.05. The Labute approximate surface area is 93.8 Å². The minimum Gasteiger partial charge on any atom is -0.481 e. The molecule has 1 rings (SSSR count). The van der Waals surface area contributed by atoms with Crippen LogP contribution < -0.4 is 11.5 Å². The smallest absolute Gasteiger partial charge is 0.305 e. The molecule has 0 aliphatic heterocycles. The van der Waals surface area contributed by atoms with Crippen molar-refractivity contribution in [2.45, 2.75) is 19.4 Å². The van der Waals surface area contributed by atoms with Crippen LogP contribution in [0.15, 0.2) is 29.3 Å². The van der Waals surface area contributed by atoms with Crippen LogP contribution in [0.3, 0.4) is 0 Å². The molecule has 0 heterocycles. The molecule has 16 heavy (non-hydrogen) atoms. The maximum absolute atomic E-state index is 10.5. The summed E-state index contributed by atoms with van der Waals surface area (Å²) in [7, 11) is 0. The first kappa shape index (κ1) is 12.2. The third kappa shape index (κ3) is 3.70. The molecule has 0 amide bonds. The minimum absolute atomic E-state index is 0.0848. The molecule has 86 valence electrons. The molecule has 5 nitrogen and oxygen atoms in total. The summed E-state index contributed by atoms with van der Waals surface area (Å²) in [5, 5.41) is 8.60. The summed E-state index contributed by atoms with van der Waals surface area (Å²) in [6.45, 7) is 1.70. The van der Waals surface area contributed by atoms with Gasteiger partial charge in [-0.15, -0.1) is 0 Å². The molecule has 0 aliphatic rings. The Morgan fingerprint density at radius 2 is 2.00 bits per heavy atom. The first-order chi connectivity index (χ1) is 7.49. The average molecular weight is 221 g/mol. The van der Waals surface area contributed by atoms with Crippen LogP contribution >= 0.6 is 0 Å². The average Bonchev–Trinajstić information content (AvgIpc) is 2.16. The van der Waals surface area contributed by atoms with Crippen LogP contribution in [0.4, 0.5) is 5.69 Å². The van der Waals surface area contributed by atoms with Crippen LogP contribution in [-0.2, 0) is 4.79 Å². The molecule has 1 atom stereocenters. The summed E-state index contributed by atoms with van der Waals surface area (Å²) in [5.41, 5.74) is 12.6. The Balaban J connectivity index is 2.78. The number of carboxylic acids is 1. The van der Waals surface area contributed by atoms with E-state index in [4.69, 9.17) is 16.6 Å². The Morgan fingerprint density at radius 3 is 2.44 bits per heavy atom. The van der Waals surface area contributed by atoms with E-state index in [0.29, 0.717) is 5.84 Å². The Bertz CT molecular complexity index is 394. The van der Waals surface area contributed by atoms with Gasteiger partial charge in [0, 0.05) is 6.04 Å². The molecule has 0 aliphatic carbocycles. The third-order valence-corrected chi connectivity index (χ3v) is 2.02. The molecule has 5 N–H and O–H groups in total. The maximum Gasteiger partial charge on any atom is 0.305 e. The SMILES string of the molecule is CC(N)=Nc1ccc(C(N)CC(=O)O)cc1. The standard InChI is InChI=1S/C11H15N3O2/c1-7(12)14-9-4-2-8(3-5-9)10(13)6-11(15)16/h2-5,10H,6,13H2,1H3,(H2,12,14)(H,15,16). The highest BCUT2D eigenvalue weighted by Gasteiger charge is 2.09. The van der Waals surface area contributed by atoms with Gasteiger partial charge in [0.15, 0.2) is 0 Å².